The number of methoxy groups -OCH3 is 1. The summed E-state index contributed by atoms with van der Waals surface area (Å²) in [5, 5.41) is 0. The lowest BCUT2D eigenvalue weighted by atomic mass is 9.99. The van der Waals surface area contributed by atoms with Gasteiger partial charge in [-0.1, -0.05) is 18.2 Å². The molecule has 2 aromatic rings. The van der Waals surface area contributed by atoms with Gasteiger partial charge in [0.25, 0.3) is 0 Å². The number of benzene rings is 2. The van der Waals surface area contributed by atoms with E-state index in [9.17, 15) is 4.39 Å². The zero-order chi connectivity index (χ0) is 15.4. The van der Waals surface area contributed by atoms with Crippen LogP contribution in [0.3, 0.4) is 0 Å². The van der Waals surface area contributed by atoms with Gasteiger partial charge in [-0.3, -0.25) is 0 Å². The molecule has 0 heterocycles. The maximum atomic E-state index is 13.7. The zero-order valence-electron chi connectivity index (χ0n) is 12.5. The first-order valence-electron chi connectivity index (χ1n) is 6.87. The maximum absolute atomic E-state index is 13.7. The van der Waals surface area contributed by atoms with Gasteiger partial charge in [0.1, 0.15) is 5.75 Å². The van der Waals surface area contributed by atoms with Crippen LogP contribution in [0.1, 0.15) is 31.0 Å². The minimum absolute atomic E-state index is 0.125. The minimum Gasteiger partial charge on any atom is -0.494 e. The molecule has 1 unspecified atom stereocenters. The standard InChI is InChI=1S/C17H20FNO2/c1-11(2)21-14-7-4-12(5-8-14)17(19)13-6-9-16(20-3)15(18)10-13/h4-11,17H,19H2,1-3H3. The van der Waals surface area contributed by atoms with Gasteiger partial charge in [-0.15, -0.1) is 0 Å². The van der Waals surface area contributed by atoms with Gasteiger partial charge < -0.3 is 15.2 Å². The van der Waals surface area contributed by atoms with Crippen LogP contribution in [-0.4, -0.2) is 13.2 Å². The van der Waals surface area contributed by atoms with Crippen molar-refractivity contribution < 1.29 is 13.9 Å². The second kappa shape index (κ2) is 6.59. The predicted molar refractivity (Wildman–Crippen MR) is 81.2 cm³/mol. The molecule has 2 rings (SSSR count). The largest absolute Gasteiger partial charge is 0.494 e. The summed E-state index contributed by atoms with van der Waals surface area (Å²) in [6.07, 6.45) is 0.125. The Bertz CT molecular complexity index is 596. The highest BCUT2D eigenvalue weighted by molar-refractivity contribution is 5.38. The molecule has 0 bridgehead atoms. The zero-order valence-corrected chi connectivity index (χ0v) is 12.5. The molecular formula is C17H20FNO2. The van der Waals surface area contributed by atoms with Crippen LogP contribution in [-0.2, 0) is 0 Å². The van der Waals surface area contributed by atoms with Gasteiger partial charge >= 0.3 is 0 Å². The summed E-state index contributed by atoms with van der Waals surface area (Å²) in [4.78, 5) is 0. The van der Waals surface area contributed by atoms with Crippen LogP contribution in [0.15, 0.2) is 42.5 Å². The summed E-state index contributed by atoms with van der Waals surface area (Å²) in [6, 6.07) is 11.9. The Morgan fingerprint density at radius 2 is 1.62 bits per heavy atom. The third-order valence-corrected chi connectivity index (χ3v) is 3.15. The molecule has 0 aliphatic heterocycles. The molecule has 0 aliphatic rings. The summed E-state index contributed by atoms with van der Waals surface area (Å²) < 4.78 is 24.2. The first-order chi connectivity index (χ1) is 10.0. The molecule has 2 N–H and O–H groups in total. The fourth-order valence-corrected chi connectivity index (χ4v) is 2.09. The second-order valence-electron chi connectivity index (χ2n) is 5.11. The van der Waals surface area contributed by atoms with E-state index in [4.69, 9.17) is 15.2 Å². The minimum atomic E-state index is -0.412. The van der Waals surface area contributed by atoms with Crippen LogP contribution in [0.5, 0.6) is 11.5 Å². The number of halogens is 1. The van der Waals surface area contributed by atoms with Crippen molar-refractivity contribution in [3.63, 3.8) is 0 Å². The van der Waals surface area contributed by atoms with E-state index in [2.05, 4.69) is 0 Å². The summed E-state index contributed by atoms with van der Waals surface area (Å²) in [6.45, 7) is 3.94. The lowest BCUT2D eigenvalue weighted by molar-refractivity contribution is 0.242. The lowest BCUT2D eigenvalue weighted by Gasteiger charge is -2.15. The van der Waals surface area contributed by atoms with Crippen molar-refractivity contribution >= 4 is 0 Å². The van der Waals surface area contributed by atoms with E-state index in [1.165, 1.54) is 13.2 Å². The SMILES string of the molecule is COc1ccc(C(N)c2ccc(OC(C)C)cc2)cc1F. The molecule has 3 nitrogen and oxygen atoms in total. The molecule has 0 radical (unpaired) electrons. The molecule has 0 aliphatic carbocycles. The molecule has 4 heteroatoms. The van der Waals surface area contributed by atoms with E-state index in [-0.39, 0.29) is 11.9 Å². The van der Waals surface area contributed by atoms with Gasteiger partial charge in [0, 0.05) is 0 Å². The molecule has 0 spiro atoms. The third kappa shape index (κ3) is 3.73. The summed E-state index contributed by atoms with van der Waals surface area (Å²) >= 11 is 0. The van der Waals surface area contributed by atoms with E-state index < -0.39 is 11.9 Å². The van der Waals surface area contributed by atoms with Gasteiger partial charge in [-0.2, -0.15) is 0 Å². The number of rotatable bonds is 5. The highest BCUT2D eigenvalue weighted by Crippen LogP contribution is 2.26. The van der Waals surface area contributed by atoms with Crippen LogP contribution >= 0.6 is 0 Å². The fourth-order valence-electron chi connectivity index (χ4n) is 2.09. The van der Waals surface area contributed by atoms with Crippen molar-refractivity contribution in [1.29, 1.82) is 0 Å². The Kier molecular flexibility index (Phi) is 4.81. The quantitative estimate of drug-likeness (QED) is 0.913. The Morgan fingerprint density at radius 3 is 2.14 bits per heavy atom. The summed E-state index contributed by atoms with van der Waals surface area (Å²) in [5.41, 5.74) is 7.78. The third-order valence-electron chi connectivity index (χ3n) is 3.15. The Balaban J connectivity index is 2.19. The topological polar surface area (TPSA) is 44.5 Å². The van der Waals surface area contributed by atoms with Crippen molar-refractivity contribution in [2.75, 3.05) is 7.11 Å². The highest BCUT2D eigenvalue weighted by Gasteiger charge is 2.12. The Labute approximate surface area is 124 Å². The molecule has 0 aromatic heterocycles. The number of ether oxygens (including phenoxy) is 2. The van der Waals surface area contributed by atoms with E-state index in [1.807, 2.05) is 38.1 Å². The lowest BCUT2D eigenvalue weighted by Crippen LogP contribution is -2.12. The van der Waals surface area contributed by atoms with Crippen molar-refractivity contribution in [2.24, 2.45) is 5.73 Å². The highest BCUT2D eigenvalue weighted by atomic mass is 19.1. The first kappa shape index (κ1) is 15.3. The number of nitrogens with two attached hydrogens (primary N) is 1. The molecule has 0 saturated carbocycles. The van der Waals surface area contributed by atoms with Crippen LogP contribution in [0.25, 0.3) is 0 Å². The van der Waals surface area contributed by atoms with Gasteiger partial charge in [0.2, 0.25) is 0 Å². The van der Waals surface area contributed by atoms with Gasteiger partial charge in [0.15, 0.2) is 11.6 Å². The van der Waals surface area contributed by atoms with Crippen LogP contribution in [0.2, 0.25) is 0 Å². The van der Waals surface area contributed by atoms with Crippen molar-refractivity contribution in [2.45, 2.75) is 26.0 Å². The molecule has 0 saturated heterocycles. The van der Waals surface area contributed by atoms with Gasteiger partial charge in [0.05, 0.1) is 19.3 Å². The number of hydrogen-bond acceptors (Lipinski definition) is 3. The summed E-state index contributed by atoms with van der Waals surface area (Å²) in [5.74, 6) is 0.596. The van der Waals surface area contributed by atoms with Crippen molar-refractivity contribution in [3.8, 4) is 11.5 Å². The Hall–Kier alpha value is -2.07. The average molecular weight is 289 g/mol. The molecule has 0 fully saturated rings. The van der Waals surface area contributed by atoms with Crippen molar-refractivity contribution in [1.82, 2.24) is 0 Å². The van der Waals surface area contributed by atoms with E-state index in [1.54, 1.807) is 12.1 Å². The smallest absolute Gasteiger partial charge is 0.165 e. The predicted octanol–water partition coefficient (Wildman–Crippen LogP) is 3.67. The maximum Gasteiger partial charge on any atom is 0.165 e. The number of hydrogen-bond donors (Lipinski definition) is 1. The molecule has 2 aromatic carbocycles. The Morgan fingerprint density at radius 1 is 1.00 bits per heavy atom. The second-order valence-corrected chi connectivity index (χ2v) is 5.11. The van der Waals surface area contributed by atoms with Crippen LogP contribution in [0.4, 0.5) is 4.39 Å². The normalized spacial score (nSPS) is 12.3. The molecule has 1 atom stereocenters. The summed E-state index contributed by atoms with van der Waals surface area (Å²) in [7, 11) is 1.44. The van der Waals surface area contributed by atoms with Crippen LogP contribution < -0.4 is 15.2 Å². The van der Waals surface area contributed by atoms with Gasteiger partial charge in [-0.05, 0) is 49.2 Å². The first-order valence-corrected chi connectivity index (χ1v) is 6.87. The van der Waals surface area contributed by atoms with E-state index >= 15 is 0 Å². The monoisotopic (exact) mass is 289 g/mol. The molecule has 21 heavy (non-hydrogen) atoms. The van der Waals surface area contributed by atoms with Crippen LogP contribution in [0, 0.1) is 5.82 Å². The molecule has 0 amide bonds. The average Bonchev–Trinajstić information content (AvgIpc) is 2.46. The van der Waals surface area contributed by atoms with E-state index in [0.29, 0.717) is 5.56 Å². The molecule has 112 valence electrons. The van der Waals surface area contributed by atoms with E-state index in [0.717, 1.165) is 11.3 Å². The van der Waals surface area contributed by atoms with Gasteiger partial charge in [-0.25, -0.2) is 4.39 Å². The van der Waals surface area contributed by atoms with Crippen molar-refractivity contribution in [3.05, 3.63) is 59.4 Å². The fraction of sp³-hybridized carbons (Fsp3) is 0.294. The molecular weight excluding hydrogens is 269 g/mol.